The second kappa shape index (κ2) is 7.83. The van der Waals surface area contributed by atoms with Crippen LogP contribution in [0.4, 0.5) is 4.39 Å². The Labute approximate surface area is 134 Å². The van der Waals surface area contributed by atoms with Gasteiger partial charge in [-0.3, -0.25) is 0 Å². The van der Waals surface area contributed by atoms with E-state index in [1.807, 2.05) is 12.1 Å². The van der Waals surface area contributed by atoms with E-state index in [0.29, 0.717) is 22.4 Å². The van der Waals surface area contributed by atoms with Crippen LogP contribution >= 0.6 is 23.4 Å². The summed E-state index contributed by atoms with van der Waals surface area (Å²) >= 11 is 7.53. The quantitative estimate of drug-likeness (QED) is 0.727. The number of hydrogen-bond acceptors (Lipinski definition) is 2. The molecule has 0 aliphatic rings. The van der Waals surface area contributed by atoms with Crippen LogP contribution in [-0.2, 0) is 12.3 Å². The highest BCUT2D eigenvalue weighted by Crippen LogP contribution is 2.26. The SMILES string of the molecule is CC(C)NCc1cccc(SCc2cc(Cl)ccc2F)c1. The van der Waals surface area contributed by atoms with Crippen LogP contribution in [0, 0.1) is 5.82 Å². The Balaban J connectivity index is 1.99. The molecule has 0 saturated heterocycles. The van der Waals surface area contributed by atoms with Crippen molar-refractivity contribution in [3.8, 4) is 0 Å². The summed E-state index contributed by atoms with van der Waals surface area (Å²) in [4.78, 5) is 1.14. The largest absolute Gasteiger partial charge is 0.310 e. The molecule has 2 aromatic carbocycles. The number of hydrogen-bond donors (Lipinski definition) is 1. The Morgan fingerprint density at radius 1 is 1.19 bits per heavy atom. The van der Waals surface area contributed by atoms with Crippen LogP contribution in [0.25, 0.3) is 0 Å². The smallest absolute Gasteiger partial charge is 0.127 e. The molecule has 0 saturated carbocycles. The maximum Gasteiger partial charge on any atom is 0.127 e. The monoisotopic (exact) mass is 323 g/mol. The summed E-state index contributed by atoms with van der Waals surface area (Å²) in [5, 5.41) is 3.96. The molecule has 0 radical (unpaired) electrons. The highest BCUT2D eigenvalue weighted by atomic mass is 35.5. The number of rotatable bonds is 6. The summed E-state index contributed by atoms with van der Waals surface area (Å²) in [6, 6.07) is 13.5. The zero-order chi connectivity index (χ0) is 15.2. The zero-order valence-corrected chi connectivity index (χ0v) is 13.8. The minimum Gasteiger partial charge on any atom is -0.310 e. The molecule has 0 bridgehead atoms. The minimum atomic E-state index is -0.204. The second-order valence-electron chi connectivity index (χ2n) is 5.21. The van der Waals surface area contributed by atoms with Gasteiger partial charge in [-0.05, 0) is 41.5 Å². The van der Waals surface area contributed by atoms with Crippen LogP contribution in [-0.4, -0.2) is 6.04 Å². The van der Waals surface area contributed by atoms with Gasteiger partial charge in [-0.2, -0.15) is 0 Å². The molecule has 0 spiro atoms. The van der Waals surface area contributed by atoms with Crippen molar-refractivity contribution in [2.24, 2.45) is 0 Å². The minimum absolute atomic E-state index is 0.204. The molecular weight excluding hydrogens is 305 g/mol. The van der Waals surface area contributed by atoms with Gasteiger partial charge in [0, 0.05) is 28.3 Å². The molecular formula is C17H19ClFNS. The predicted molar refractivity (Wildman–Crippen MR) is 89.4 cm³/mol. The lowest BCUT2D eigenvalue weighted by Gasteiger charge is -2.09. The molecule has 112 valence electrons. The van der Waals surface area contributed by atoms with Crippen molar-refractivity contribution in [1.29, 1.82) is 0 Å². The fraction of sp³-hybridized carbons (Fsp3) is 0.294. The summed E-state index contributed by atoms with van der Waals surface area (Å²) in [6.07, 6.45) is 0. The maximum atomic E-state index is 13.7. The summed E-state index contributed by atoms with van der Waals surface area (Å²) in [6.45, 7) is 5.10. The van der Waals surface area contributed by atoms with E-state index in [9.17, 15) is 4.39 Å². The average molecular weight is 324 g/mol. The molecule has 0 amide bonds. The van der Waals surface area contributed by atoms with E-state index < -0.39 is 0 Å². The van der Waals surface area contributed by atoms with E-state index in [2.05, 4.69) is 31.3 Å². The molecule has 2 aromatic rings. The second-order valence-corrected chi connectivity index (χ2v) is 6.69. The van der Waals surface area contributed by atoms with Crippen LogP contribution in [0.15, 0.2) is 47.4 Å². The first kappa shape index (κ1) is 16.3. The molecule has 0 aliphatic carbocycles. The third-order valence-electron chi connectivity index (χ3n) is 3.01. The van der Waals surface area contributed by atoms with Crippen molar-refractivity contribution in [1.82, 2.24) is 5.32 Å². The van der Waals surface area contributed by atoms with Gasteiger partial charge in [0.15, 0.2) is 0 Å². The van der Waals surface area contributed by atoms with Gasteiger partial charge in [-0.1, -0.05) is 37.6 Å². The van der Waals surface area contributed by atoms with Crippen LogP contribution in [0.1, 0.15) is 25.0 Å². The van der Waals surface area contributed by atoms with Crippen molar-refractivity contribution in [2.75, 3.05) is 0 Å². The lowest BCUT2D eigenvalue weighted by molar-refractivity contribution is 0.588. The number of benzene rings is 2. The van der Waals surface area contributed by atoms with E-state index in [1.54, 1.807) is 23.9 Å². The Hall–Kier alpha value is -1.03. The molecule has 0 aromatic heterocycles. The van der Waals surface area contributed by atoms with Crippen molar-refractivity contribution in [2.45, 2.75) is 37.1 Å². The fourth-order valence-corrected chi connectivity index (χ4v) is 3.03. The summed E-state index contributed by atoms with van der Waals surface area (Å²) in [5.41, 5.74) is 1.87. The van der Waals surface area contributed by atoms with Gasteiger partial charge in [-0.25, -0.2) is 4.39 Å². The van der Waals surface area contributed by atoms with Gasteiger partial charge >= 0.3 is 0 Å². The lowest BCUT2D eigenvalue weighted by atomic mass is 10.2. The van der Waals surface area contributed by atoms with E-state index in [1.165, 1.54) is 11.6 Å². The van der Waals surface area contributed by atoms with Gasteiger partial charge in [0.05, 0.1) is 0 Å². The highest BCUT2D eigenvalue weighted by Gasteiger charge is 2.05. The molecule has 2 rings (SSSR count). The van der Waals surface area contributed by atoms with Crippen LogP contribution < -0.4 is 5.32 Å². The molecule has 0 aliphatic heterocycles. The Morgan fingerprint density at radius 3 is 2.76 bits per heavy atom. The van der Waals surface area contributed by atoms with Crippen LogP contribution in [0.5, 0.6) is 0 Å². The molecule has 4 heteroatoms. The van der Waals surface area contributed by atoms with Crippen molar-refractivity contribution >= 4 is 23.4 Å². The average Bonchev–Trinajstić information content (AvgIpc) is 2.46. The summed E-state index contributed by atoms with van der Waals surface area (Å²) < 4.78 is 13.7. The predicted octanol–water partition coefficient (Wildman–Crippen LogP) is 5.27. The van der Waals surface area contributed by atoms with Crippen LogP contribution in [0.3, 0.4) is 0 Å². The maximum absolute atomic E-state index is 13.7. The lowest BCUT2D eigenvalue weighted by Crippen LogP contribution is -2.21. The number of halogens is 2. The van der Waals surface area contributed by atoms with Crippen molar-refractivity contribution in [3.05, 3.63) is 64.4 Å². The van der Waals surface area contributed by atoms with Gasteiger partial charge in [0.25, 0.3) is 0 Å². The third-order valence-corrected chi connectivity index (χ3v) is 4.29. The van der Waals surface area contributed by atoms with Crippen molar-refractivity contribution < 1.29 is 4.39 Å². The molecule has 0 heterocycles. The molecule has 21 heavy (non-hydrogen) atoms. The Morgan fingerprint density at radius 2 is 2.00 bits per heavy atom. The molecule has 1 nitrogen and oxygen atoms in total. The van der Waals surface area contributed by atoms with E-state index in [0.717, 1.165) is 11.4 Å². The van der Waals surface area contributed by atoms with E-state index in [-0.39, 0.29) is 5.82 Å². The first-order valence-electron chi connectivity index (χ1n) is 6.93. The van der Waals surface area contributed by atoms with Crippen molar-refractivity contribution in [3.63, 3.8) is 0 Å². The zero-order valence-electron chi connectivity index (χ0n) is 12.2. The third kappa shape index (κ3) is 5.34. The van der Waals surface area contributed by atoms with E-state index in [4.69, 9.17) is 11.6 Å². The molecule has 0 atom stereocenters. The van der Waals surface area contributed by atoms with Crippen LogP contribution in [0.2, 0.25) is 5.02 Å². The van der Waals surface area contributed by atoms with Gasteiger partial charge < -0.3 is 5.32 Å². The molecule has 0 fully saturated rings. The van der Waals surface area contributed by atoms with E-state index >= 15 is 0 Å². The standard InChI is InChI=1S/C17H19ClFNS/c1-12(2)20-10-13-4-3-5-16(8-13)21-11-14-9-15(18)6-7-17(14)19/h3-9,12,20H,10-11H2,1-2H3. The summed E-state index contributed by atoms with van der Waals surface area (Å²) in [5.74, 6) is 0.373. The topological polar surface area (TPSA) is 12.0 Å². The van der Waals surface area contributed by atoms with Gasteiger partial charge in [-0.15, -0.1) is 11.8 Å². The first-order chi connectivity index (χ1) is 10.0. The fourth-order valence-electron chi connectivity index (χ4n) is 1.88. The molecule has 1 N–H and O–H groups in total. The Bertz CT molecular complexity index is 601. The molecule has 0 unspecified atom stereocenters. The number of nitrogens with one attached hydrogen (secondary N) is 1. The summed E-state index contributed by atoms with van der Waals surface area (Å²) in [7, 11) is 0. The highest BCUT2D eigenvalue weighted by molar-refractivity contribution is 7.98. The van der Waals surface area contributed by atoms with Gasteiger partial charge in [0.2, 0.25) is 0 Å². The normalized spacial score (nSPS) is 11.1. The Kier molecular flexibility index (Phi) is 6.09. The first-order valence-corrected chi connectivity index (χ1v) is 8.30. The van der Waals surface area contributed by atoms with Gasteiger partial charge in [0.1, 0.15) is 5.82 Å². The number of thioether (sulfide) groups is 1.